The molecule has 0 aliphatic carbocycles. The summed E-state index contributed by atoms with van der Waals surface area (Å²) in [6.07, 6.45) is 0. The van der Waals surface area contributed by atoms with Crippen molar-refractivity contribution in [2.45, 2.75) is 5.85 Å². The summed E-state index contributed by atoms with van der Waals surface area (Å²) < 4.78 is 11.2. The number of ether oxygens (including phenoxy) is 2. The van der Waals surface area contributed by atoms with Crippen LogP contribution < -0.4 is 10.6 Å². The average Bonchev–Trinajstić information content (AvgIpc) is 2.54. The first-order chi connectivity index (χ1) is 9.80. The lowest BCUT2D eigenvalue weighted by atomic mass is 10.0. The van der Waals surface area contributed by atoms with Gasteiger partial charge in [-0.15, -0.1) is 0 Å². The number of nitrogens with one attached hydrogen (secondary N) is 2. The Balaban J connectivity index is 2.09. The minimum Gasteiger partial charge on any atom is -0.468 e. The van der Waals surface area contributed by atoms with Crippen LogP contribution in [0.3, 0.4) is 0 Å². The molecule has 0 bridgehead atoms. The summed E-state index contributed by atoms with van der Waals surface area (Å²) in [5.41, 5.74) is 1.99. The maximum Gasteiger partial charge on any atom is 0.293 e. The number of aliphatic imine (C=N–C) groups is 1. The number of piperazine rings is 1. The van der Waals surface area contributed by atoms with Gasteiger partial charge in [-0.2, -0.15) is 4.99 Å². The van der Waals surface area contributed by atoms with E-state index in [9.17, 15) is 0 Å². The lowest BCUT2D eigenvalue weighted by Crippen LogP contribution is -2.56. The summed E-state index contributed by atoms with van der Waals surface area (Å²) in [6.45, 7) is 3.61. The lowest BCUT2D eigenvalue weighted by Gasteiger charge is -2.44. The van der Waals surface area contributed by atoms with E-state index in [0.29, 0.717) is 6.02 Å². The van der Waals surface area contributed by atoms with Crippen molar-refractivity contribution in [1.82, 2.24) is 10.2 Å². The van der Waals surface area contributed by atoms with Gasteiger partial charge in [0.1, 0.15) is 0 Å². The van der Waals surface area contributed by atoms with E-state index in [2.05, 4.69) is 20.5 Å². The molecule has 2 N–H and O–H groups in total. The molecule has 0 saturated carbocycles. The van der Waals surface area contributed by atoms with E-state index >= 15 is 0 Å². The molecule has 0 radical (unpaired) electrons. The second-order valence-electron chi connectivity index (χ2n) is 4.84. The predicted octanol–water partition coefficient (Wildman–Crippen LogP) is 0.776. The number of para-hydroxylation sites is 1. The molecular weight excluding hydrogens is 256 g/mol. The minimum absolute atomic E-state index is 0.476. The molecule has 1 aromatic carbocycles. The Morgan fingerprint density at radius 1 is 1.20 bits per heavy atom. The van der Waals surface area contributed by atoms with Crippen molar-refractivity contribution in [1.29, 1.82) is 0 Å². The molecule has 1 fully saturated rings. The standard InChI is InChI=1S/C14H20N4O2/c1-19-13-16-12-6-4-3-5-11(12)14(17-13,20-2)18-9-7-15-8-10-18/h3-6,15H,7-10H2,1-2H3,(H,16,17). The van der Waals surface area contributed by atoms with Crippen LogP contribution in [-0.2, 0) is 15.3 Å². The predicted molar refractivity (Wildman–Crippen MR) is 77.6 cm³/mol. The molecule has 2 aliphatic rings. The molecule has 0 spiro atoms. The Labute approximate surface area is 118 Å². The Hall–Kier alpha value is -1.63. The lowest BCUT2D eigenvalue weighted by molar-refractivity contribution is -0.143. The van der Waals surface area contributed by atoms with Crippen LogP contribution >= 0.6 is 0 Å². The van der Waals surface area contributed by atoms with Gasteiger partial charge >= 0.3 is 0 Å². The van der Waals surface area contributed by atoms with E-state index < -0.39 is 5.85 Å². The Morgan fingerprint density at radius 2 is 1.95 bits per heavy atom. The van der Waals surface area contributed by atoms with Gasteiger partial charge in [-0.1, -0.05) is 18.2 Å². The molecule has 2 heterocycles. The average molecular weight is 276 g/mol. The van der Waals surface area contributed by atoms with Crippen molar-refractivity contribution in [3.8, 4) is 0 Å². The maximum absolute atomic E-state index is 5.87. The molecule has 3 rings (SSSR count). The van der Waals surface area contributed by atoms with Gasteiger partial charge in [-0.3, -0.25) is 0 Å². The quantitative estimate of drug-likeness (QED) is 0.836. The van der Waals surface area contributed by atoms with Gasteiger partial charge in [0.2, 0.25) is 0 Å². The van der Waals surface area contributed by atoms with Gasteiger partial charge in [0.05, 0.1) is 12.8 Å². The zero-order valence-corrected chi connectivity index (χ0v) is 11.8. The first-order valence-corrected chi connectivity index (χ1v) is 6.81. The Morgan fingerprint density at radius 3 is 2.65 bits per heavy atom. The van der Waals surface area contributed by atoms with E-state index in [4.69, 9.17) is 9.47 Å². The van der Waals surface area contributed by atoms with Gasteiger partial charge in [0.15, 0.2) is 0 Å². The van der Waals surface area contributed by atoms with Gasteiger partial charge in [0.25, 0.3) is 11.9 Å². The first kappa shape index (κ1) is 13.4. The van der Waals surface area contributed by atoms with E-state index in [1.807, 2.05) is 24.3 Å². The molecular formula is C14H20N4O2. The van der Waals surface area contributed by atoms with Crippen LogP contribution in [0.4, 0.5) is 5.69 Å². The van der Waals surface area contributed by atoms with E-state index in [1.165, 1.54) is 0 Å². The molecule has 1 unspecified atom stereocenters. The van der Waals surface area contributed by atoms with Crippen molar-refractivity contribution < 1.29 is 9.47 Å². The maximum atomic E-state index is 5.87. The zero-order valence-electron chi connectivity index (χ0n) is 11.8. The van der Waals surface area contributed by atoms with Crippen LogP contribution in [0.5, 0.6) is 0 Å². The topological polar surface area (TPSA) is 58.1 Å². The minimum atomic E-state index is -0.810. The van der Waals surface area contributed by atoms with Gasteiger partial charge in [-0.25, -0.2) is 4.90 Å². The number of benzene rings is 1. The molecule has 2 aliphatic heterocycles. The number of hydrogen-bond donors (Lipinski definition) is 2. The van der Waals surface area contributed by atoms with E-state index in [-0.39, 0.29) is 0 Å². The molecule has 0 aromatic heterocycles. The van der Waals surface area contributed by atoms with Gasteiger partial charge < -0.3 is 20.1 Å². The van der Waals surface area contributed by atoms with Gasteiger partial charge in [0, 0.05) is 38.9 Å². The Kier molecular flexibility index (Phi) is 3.60. The van der Waals surface area contributed by atoms with Gasteiger partial charge in [-0.05, 0) is 6.07 Å². The SMILES string of the molecule is COC1=NC(OC)(N2CCNCC2)c2ccccc2N1. The molecule has 20 heavy (non-hydrogen) atoms. The number of hydrogen-bond acceptors (Lipinski definition) is 6. The zero-order chi connectivity index (χ0) is 14.0. The van der Waals surface area contributed by atoms with Crippen LogP contribution in [0.2, 0.25) is 0 Å². The Bertz CT molecular complexity index is 514. The first-order valence-electron chi connectivity index (χ1n) is 6.81. The summed E-state index contributed by atoms with van der Waals surface area (Å²) in [5.74, 6) is -0.810. The largest absolute Gasteiger partial charge is 0.468 e. The molecule has 108 valence electrons. The van der Waals surface area contributed by atoms with Crippen LogP contribution in [-0.4, -0.2) is 51.3 Å². The summed E-state index contributed by atoms with van der Waals surface area (Å²) in [6, 6.07) is 8.53. The highest BCUT2D eigenvalue weighted by atomic mass is 16.5. The fourth-order valence-corrected chi connectivity index (χ4v) is 2.81. The molecule has 6 nitrogen and oxygen atoms in total. The van der Waals surface area contributed by atoms with Crippen molar-refractivity contribution in [3.63, 3.8) is 0 Å². The van der Waals surface area contributed by atoms with Crippen molar-refractivity contribution in [2.24, 2.45) is 4.99 Å². The van der Waals surface area contributed by atoms with Crippen LogP contribution in [0.25, 0.3) is 0 Å². The smallest absolute Gasteiger partial charge is 0.293 e. The number of methoxy groups -OCH3 is 2. The van der Waals surface area contributed by atoms with E-state index in [0.717, 1.165) is 37.4 Å². The number of rotatable bonds is 2. The highest BCUT2D eigenvalue weighted by Crippen LogP contribution is 2.39. The summed E-state index contributed by atoms with van der Waals surface area (Å²) in [4.78, 5) is 6.91. The van der Waals surface area contributed by atoms with Crippen LogP contribution in [0, 0.1) is 0 Å². The normalized spacial score (nSPS) is 26.4. The van der Waals surface area contributed by atoms with Crippen LogP contribution in [0.1, 0.15) is 5.56 Å². The highest BCUT2D eigenvalue weighted by Gasteiger charge is 2.44. The second-order valence-corrected chi connectivity index (χ2v) is 4.84. The second kappa shape index (κ2) is 5.40. The summed E-state index contributed by atoms with van der Waals surface area (Å²) in [5, 5.41) is 6.53. The third-order valence-corrected chi connectivity index (χ3v) is 3.80. The van der Waals surface area contributed by atoms with E-state index in [1.54, 1.807) is 14.2 Å². The summed E-state index contributed by atoms with van der Waals surface area (Å²) >= 11 is 0. The fourth-order valence-electron chi connectivity index (χ4n) is 2.81. The third kappa shape index (κ3) is 2.06. The molecule has 1 saturated heterocycles. The molecule has 1 aromatic rings. The number of fused-ring (bicyclic) bond motifs is 1. The summed E-state index contributed by atoms with van der Waals surface area (Å²) in [7, 11) is 3.30. The molecule has 1 atom stereocenters. The van der Waals surface area contributed by atoms with Crippen molar-refractivity contribution >= 4 is 11.7 Å². The number of amidine groups is 1. The van der Waals surface area contributed by atoms with Crippen LogP contribution in [0.15, 0.2) is 29.3 Å². The fraction of sp³-hybridized carbons (Fsp3) is 0.500. The third-order valence-electron chi connectivity index (χ3n) is 3.80. The molecule has 0 amide bonds. The molecule has 6 heteroatoms. The number of anilines is 1. The monoisotopic (exact) mass is 276 g/mol. The van der Waals surface area contributed by atoms with Crippen molar-refractivity contribution in [3.05, 3.63) is 29.8 Å². The number of nitrogens with zero attached hydrogens (tertiary/aromatic N) is 2. The highest BCUT2D eigenvalue weighted by molar-refractivity contribution is 5.92. The van der Waals surface area contributed by atoms with Crippen molar-refractivity contribution in [2.75, 3.05) is 45.7 Å².